The Morgan fingerprint density at radius 1 is 1.67 bits per heavy atom. The first-order valence-corrected chi connectivity index (χ1v) is 4.29. The number of fused-ring (bicyclic) bond motifs is 1. The molecule has 12 heavy (non-hydrogen) atoms. The Morgan fingerprint density at radius 3 is 3.17 bits per heavy atom. The summed E-state index contributed by atoms with van der Waals surface area (Å²) in [5.41, 5.74) is 0.0961. The monoisotopic (exact) mass is 181 g/mol. The van der Waals surface area contributed by atoms with Gasteiger partial charge in [-0.05, 0) is 18.4 Å². The molecule has 0 spiro atoms. The lowest BCUT2D eigenvalue weighted by Gasteiger charge is -2.00. The van der Waals surface area contributed by atoms with E-state index in [2.05, 4.69) is 4.98 Å². The molecule has 2 heterocycles. The smallest absolute Gasteiger partial charge is 0.173 e. The van der Waals surface area contributed by atoms with Crippen LogP contribution >= 0.6 is 11.3 Å². The molecule has 0 saturated heterocycles. The molecule has 0 fully saturated rings. The van der Waals surface area contributed by atoms with Gasteiger partial charge in [-0.3, -0.25) is 5.41 Å². The first-order valence-electron chi connectivity index (χ1n) is 3.41. The van der Waals surface area contributed by atoms with Gasteiger partial charge in [0.2, 0.25) is 0 Å². The van der Waals surface area contributed by atoms with Gasteiger partial charge in [0.15, 0.2) is 5.49 Å². The zero-order chi connectivity index (χ0) is 8.72. The molecule has 0 bridgehead atoms. The Bertz CT molecular complexity index is 485. The highest BCUT2D eigenvalue weighted by Gasteiger charge is 2.03. The molecule has 0 aromatic carbocycles. The van der Waals surface area contributed by atoms with E-state index in [-0.39, 0.29) is 5.49 Å². The van der Waals surface area contributed by atoms with E-state index < -0.39 is 0 Å². The van der Waals surface area contributed by atoms with E-state index in [4.69, 9.17) is 5.41 Å². The van der Waals surface area contributed by atoms with Gasteiger partial charge in [-0.2, -0.15) is 4.73 Å². The van der Waals surface area contributed by atoms with Gasteiger partial charge in [-0.15, -0.1) is 11.3 Å². The van der Waals surface area contributed by atoms with E-state index in [1.165, 1.54) is 11.3 Å². The first kappa shape index (κ1) is 7.30. The topological polar surface area (TPSA) is 61.9 Å². The van der Waals surface area contributed by atoms with E-state index in [0.29, 0.717) is 11.2 Å². The van der Waals surface area contributed by atoms with Crippen LogP contribution in [0.3, 0.4) is 0 Å². The van der Waals surface area contributed by atoms with Gasteiger partial charge >= 0.3 is 0 Å². The van der Waals surface area contributed by atoms with E-state index in [0.717, 1.165) is 9.56 Å². The van der Waals surface area contributed by atoms with Crippen molar-refractivity contribution in [2.75, 3.05) is 0 Å². The van der Waals surface area contributed by atoms with Crippen molar-refractivity contribution in [2.24, 2.45) is 0 Å². The lowest BCUT2D eigenvalue weighted by atomic mass is 10.4. The van der Waals surface area contributed by atoms with Crippen LogP contribution < -0.4 is 5.49 Å². The van der Waals surface area contributed by atoms with Gasteiger partial charge in [0.25, 0.3) is 0 Å². The maximum Gasteiger partial charge on any atom is 0.173 e. The molecule has 0 aliphatic carbocycles. The highest BCUT2D eigenvalue weighted by atomic mass is 32.1. The largest absolute Gasteiger partial charge is 0.425 e. The summed E-state index contributed by atoms with van der Waals surface area (Å²) < 4.78 is 0.787. The third-order valence-electron chi connectivity index (χ3n) is 1.68. The molecule has 5 heteroatoms. The van der Waals surface area contributed by atoms with Crippen LogP contribution in [0.25, 0.3) is 10.2 Å². The summed E-state index contributed by atoms with van der Waals surface area (Å²) in [6, 6.07) is 1.78. The number of nitrogens with zero attached hydrogens (tertiary/aromatic N) is 2. The average Bonchev–Trinajstić information content (AvgIpc) is 2.48. The number of hydrogen-bond acceptors (Lipinski definition) is 4. The second-order valence-electron chi connectivity index (χ2n) is 2.46. The highest BCUT2D eigenvalue weighted by molar-refractivity contribution is 7.16. The van der Waals surface area contributed by atoms with Crippen LogP contribution in [0.1, 0.15) is 5.82 Å². The molecule has 2 rings (SSSR count). The van der Waals surface area contributed by atoms with Crippen molar-refractivity contribution in [3.8, 4) is 0 Å². The number of thiophene rings is 1. The standard InChI is InChI=1S/C7H7N3OS/c1-4-9-7-5(2-3-12-7)6(8)10(4)11/h2-3,8,11H,1H3. The average molecular weight is 181 g/mol. The highest BCUT2D eigenvalue weighted by Crippen LogP contribution is 2.13. The number of rotatable bonds is 0. The maximum absolute atomic E-state index is 9.29. The lowest BCUT2D eigenvalue weighted by Crippen LogP contribution is -2.20. The number of nitrogens with one attached hydrogen (secondary N) is 1. The molecule has 0 aliphatic heterocycles. The number of aromatic nitrogens is 2. The summed E-state index contributed by atoms with van der Waals surface area (Å²) in [5, 5.41) is 19.4. The Morgan fingerprint density at radius 2 is 2.42 bits per heavy atom. The molecule has 62 valence electrons. The van der Waals surface area contributed by atoms with Gasteiger partial charge < -0.3 is 5.21 Å². The lowest BCUT2D eigenvalue weighted by molar-refractivity contribution is 0.161. The fourth-order valence-electron chi connectivity index (χ4n) is 1.04. The van der Waals surface area contributed by atoms with E-state index >= 15 is 0 Å². The van der Waals surface area contributed by atoms with E-state index in [1.54, 1.807) is 13.0 Å². The normalized spacial score (nSPS) is 10.8. The number of aryl methyl sites for hydroxylation is 1. The molecular formula is C7H7N3OS. The van der Waals surface area contributed by atoms with Crippen LogP contribution in [0.2, 0.25) is 0 Å². The van der Waals surface area contributed by atoms with Gasteiger partial charge in [-0.25, -0.2) is 4.98 Å². The summed E-state index contributed by atoms with van der Waals surface area (Å²) in [6.07, 6.45) is 0. The van der Waals surface area contributed by atoms with Gasteiger partial charge in [0, 0.05) is 0 Å². The Hall–Kier alpha value is -1.36. The third kappa shape index (κ3) is 0.831. The van der Waals surface area contributed by atoms with Gasteiger partial charge in [0.05, 0.1) is 5.39 Å². The minimum atomic E-state index is 0.0961. The van der Waals surface area contributed by atoms with Crippen LogP contribution in [-0.4, -0.2) is 14.9 Å². The quantitative estimate of drug-likeness (QED) is 0.598. The van der Waals surface area contributed by atoms with Crippen LogP contribution in [0, 0.1) is 12.3 Å². The Kier molecular flexibility index (Phi) is 1.41. The SMILES string of the molecule is Cc1nc2sccc2c(=N)n1O. The molecule has 4 nitrogen and oxygen atoms in total. The summed E-state index contributed by atoms with van der Waals surface area (Å²) >= 11 is 1.47. The van der Waals surface area contributed by atoms with Crippen molar-refractivity contribution in [3.63, 3.8) is 0 Å². The molecule has 0 amide bonds. The summed E-state index contributed by atoms with van der Waals surface area (Å²) in [5.74, 6) is 0.440. The Labute approximate surface area is 72.2 Å². The molecule has 0 aliphatic rings. The molecule has 0 radical (unpaired) electrons. The summed E-state index contributed by atoms with van der Waals surface area (Å²) in [6.45, 7) is 1.66. The second kappa shape index (κ2) is 2.31. The molecule has 2 aromatic heterocycles. The minimum Gasteiger partial charge on any atom is -0.425 e. The van der Waals surface area contributed by atoms with Crippen molar-refractivity contribution in [1.82, 2.24) is 9.71 Å². The summed E-state index contributed by atoms with van der Waals surface area (Å²) in [7, 11) is 0. The van der Waals surface area contributed by atoms with Crippen molar-refractivity contribution < 1.29 is 5.21 Å². The van der Waals surface area contributed by atoms with Crippen molar-refractivity contribution in [3.05, 3.63) is 22.8 Å². The predicted molar refractivity (Wildman–Crippen MR) is 45.4 cm³/mol. The maximum atomic E-state index is 9.29. The first-order chi connectivity index (χ1) is 5.70. The fourth-order valence-corrected chi connectivity index (χ4v) is 1.85. The van der Waals surface area contributed by atoms with Crippen LogP contribution in [0.4, 0.5) is 0 Å². The van der Waals surface area contributed by atoms with E-state index in [9.17, 15) is 5.21 Å². The van der Waals surface area contributed by atoms with Crippen molar-refractivity contribution in [2.45, 2.75) is 6.92 Å². The molecule has 0 saturated carbocycles. The fraction of sp³-hybridized carbons (Fsp3) is 0.143. The van der Waals surface area contributed by atoms with Gasteiger partial charge in [-0.1, -0.05) is 0 Å². The zero-order valence-electron chi connectivity index (χ0n) is 6.40. The van der Waals surface area contributed by atoms with E-state index in [1.807, 2.05) is 5.38 Å². The second-order valence-corrected chi connectivity index (χ2v) is 3.35. The molecule has 0 atom stereocenters. The molecule has 2 N–H and O–H groups in total. The predicted octanol–water partition coefficient (Wildman–Crippen LogP) is 1.12. The molecule has 2 aromatic rings. The minimum absolute atomic E-state index is 0.0961. The Balaban J connectivity index is 3.05. The number of hydrogen-bond donors (Lipinski definition) is 2. The van der Waals surface area contributed by atoms with Crippen LogP contribution in [-0.2, 0) is 0 Å². The molecular weight excluding hydrogens is 174 g/mol. The zero-order valence-corrected chi connectivity index (χ0v) is 7.22. The van der Waals surface area contributed by atoms with Crippen molar-refractivity contribution in [1.29, 1.82) is 5.41 Å². The van der Waals surface area contributed by atoms with Crippen molar-refractivity contribution >= 4 is 21.6 Å². The molecule has 0 unspecified atom stereocenters. The van der Waals surface area contributed by atoms with Crippen LogP contribution in [0.15, 0.2) is 11.4 Å². The third-order valence-corrected chi connectivity index (χ3v) is 2.49. The van der Waals surface area contributed by atoms with Gasteiger partial charge in [0.1, 0.15) is 10.7 Å². The van der Waals surface area contributed by atoms with Crippen LogP contribution in [0.5, 0.6) is 0 Å². The summed E-state index contributed by atoms with van der Waals surface area (Å²) in [4.78, 5) is 4.90.